The Hall–Kier alpha value is -1.49. The third-order valence-corrected chi connectivity index (χ3v) is 1.83. The van der Waals surface area contributed by atoms with Gasteiger partial charge in [-0.1, -0.05) is 6.92 Å². The molecule has 0 aromatic carbocycles. The minimum atomic E-state index is 0.561. The number of nitrogen functional groups attached to an aromatic ring is 2. The highest BCUT2D eigenvalue weighted by atomic mass is 16.5. The third-order valence-electron chi connectivity index (χ3n) is 1.83. The summed E-state index contributed by atoms with van der Waals surface area (Å²) >= 11 is 0. The Balaban J connectivity index is 2.31. The molecule has 0 aliphatic rings. The first-order chi connectivity index (χ1) is 7.24. The predicted molar refractivity (Wildman–Crippen MR) is 62.7 cm³/mol. The fourth-order valence-corrected chi connectivity index (χ4v) is 1.13. The van der Waals surface area contributed by atoms with Crippen molar-refractivity contribution in [3.63, 3.8) is 0 Å². The number of hydrogen-bond donors (Lipinski definition) is 3. The Morgan fingerprint density at radius 2 is 2.20 bits per heavy atom. The number of nitrogens with two attached hydrogens (primary N) is 2. The maximum Gasteiger partial charge on any atom is 0.149 e. The molecule has 1 heterocycles. The van der Waals surface area contributed by atoms with Gasteiger partial charge in [-0.25, -0.2) is 4.98 Å². The molecule has 15 heavy (non-hydrogen) atoms. The van der Waals surface area contributed by atoms with Crippen LogP contribution in [0.15, 0.2) is 12.3 Å². The van der Waals surface area contributed by atoms with Crippen molar-refractivity contribution in [2.45, 2.75) is 13.3 Å². The van der Waals surface area contributed by atoms with E-state index in [9.17, 15) is 0 Å². The Morgan fingerprint density at radius 3 is 2.87 bits per heavy atom. The topological polar surface area (TPSA) is 86.2 Å². The van der Waals surface area contributed by atoms with Crippen LogP contribution in [0.25, 0.3) is 0 Å². The van der Waals surface area contributed by atoms with Crippen LogP contribution in [0.5, 0.6) is 0 Å². The zero-order valence-corrected chi connectivity index (χ0v) is 8.99. The van der Waals surface area contributed by atoms with Gasteiger partial charge in [-0.2, -0.15) is 0 Å². The fraction of sp³-hybridized carbons (Fsp3) is 0.500. The first-order valence-electron chi connectivity index (χ1n) is 5.06. The highest BCUT2D eigenvalue weighted by Crippen LogP contribution is 2.16. The quantitative estimate of drug-likeness (QED) is 0.612. The van der Waals surface area contributed by atoms with Gasteiger partial charge < -0.3 is 21.5 Å². The second-order valence-electron chi connectivity index (χ2n) is 3.25. The molecule has 0 radical (unpaired) electrons. The van der Waals surface area contributed by atoms with Gasteiger partial charge in [0.1, 0.15) is 5.82 Å². The standard InChI is InChI=1S/C10H18N4O/c1-2-4-15-5-3-13-10-9(12)6-8(11)7-14-10/h6-7H,2-5,11-12H2,1H3,(H,13,14). The molecule has 0 saturated carbocycles. The second kappa shape index (κ2) is 6.08. The lowest BCUT2D eigenvalue weighted by atomic mass is 10.3. The normalized spacial score (nSPS) is 10.2. The lowest BCUT2D eigenvalue weighted by Crippen LogP contribution is -2.12. The number of ether oxygens (including phenoxy) is 1. The first kappa shape index (κ1) is 11.6. The first-order valence-corrected chi connectivity index (χ1v) is 5.06. The number of rotatable bonds is 6. The lowest BCUT2D eigenvalue weighted by Gasteiger charge is -2.08. The Labute approximate surface area is 89.8 Å². The van der Waals surface area contributed by atoms with Crippen LogP contribution in [0.3, 0.4) is 0 Å². The molecule has 0 unspecified atom stereocenters. The SMILES string of the molecule is CCCOCCNc1ncc(N)cc1N. The molecule has 1 aromatic rings. The molecule has 5 N–H and O–H groups in total. The molecule has 1 aromatic heterocycles. The molecule has 0 spiro atoms. The van der Waals surface area contributed by atoms with Crippen LogP contribution < -0.4 is 16.8 Å². The number of nitrogens with one attached hydrogen (secondary N) is 1. The van der Waals surface area contributed by atoms with Crippen molar-refractivity contribution in [3.05, 3.63) is 12.3 Å². The van der Waals surface area contributed by atoms with Crippen molar-refractivity contribution < 1.29 is 4.74 Å². The second-order valence-corrected chi connectivity index (χ2v) is 3.25. The van der Waals surface area contributed by atoms with E-state index in [0.717, 1.165) is 13.0 Å². The number of anilines is 3. The molecule has 0 saturated heterocycles. The van der Waals surface area contributed by atoms with E-state index >= 15 is 0 Å². The summed E-state index contributed by atoms with van der Waals surface area (Å²) in [4.78, 5) is 4.08. The fourth-order valence-electron chi connectivity index (χ4n) is 1.13. The minimum absolute atomic E-state index is 0.561. The summed E-state index contributed by atoms with van der Waals surface area (Å²) in [5.74, 6) is 0.657. The van der Waals surface area contributed by atoms with Gasteiger partial charge in [0.15, 0.2) is 0 Å². The van der Waals surface area contributed by atoms with Gasteiger partial charge in [-0.3, -0.25) is 0 Å². The van der Waals surface area contributed by atoms with Crippen molar-refractivity contribution in [2.75, 3.05) is 36.5 Å². The molecule has 0 fully saturated rings. The molecule has 0 bridgehead atoms. The van der Waals surface area contributed by atoms with Crippen molar-refractivity contribution in [1.82, 2.24) is 4.98 Å². The highest BCUT2D eigenvalue weighted by molar-refractivity contribution is 5.65. The average Bonchev–Trinajstić information content (AvgIpc) is 2.20. The van der Waals surface area contributed by atoms with E-state index in [0.29, 0.717) is 30.3 Å². The van der Waals surface area contributed by atoms with E-state index < -0.39 is 0 Å². The van der Waals surface area contributed by atoms with E-state index in [1.54, 1.807) is 12.3 Å². The van der Waals surface area contributed by atoms with Gasteiger partial charge in [-0.15, -0.1) is 0 Å². The van der Waals surface area contributed by atoms with E-state index in [2.05, 4.69) is 17.2 Å². The highest BCUT2D eigenvalue weighted by Gasteiger charge is 1.99. The van der Waals surface area contributed by atoms with Gasteiger partial charge in [0.05, 0.1) is 24.2 Å². The van der Waals surface area contributed by atoms with Gasteiger partial charge in [0.25, 0.3) is 0 Å². The molecular formula is C10H18N4O. The summed E-state index contributed by atoms with van der Waals surface area (Å²) < 4.78 is 5.31. The molecule has 0 aliphatic heterocycles. The molecule has 5 nitrogen and oxygen atoms in total. The van der Waals surface area contributed by atoms with E-state index in [-0.39, 0.29) is 0 Å². The van der Waals surface area contributed by atoms with Crippen molar-refractivity contribution in [3.8, 4) is 0 Å². The molecule has 84 valence electrons. The minimum Gasteiger partial charge on any atom is -0.397 e. The largest absolute Gasteiger partial charge is 0.397 e. The number of pyridine rings is 1. The van der Waals surface area contributed by atoms with Gasteiger partial charge in [0.2, 0.25) is 0 Å². The van der Waals surface area contributed by atoms with Crippen LogP contribution in [0.1, 0.15) is 13.3 Å². The molecule has 0 amide bonds. The van der Waals surface area contributed by atoms with Gasteiger partial charge in [-0.05, 0) is 12.5 Å². The van der Waals surface area contributed by atoms with Crippen LogP contribution in [0, 0.1) is 0 Å². The van der Waals surface area contributed by atoms with Gasteiger partial charge in [0, 0.05) is 13.2 Å². The maximum atomic E-state index is 5.72. The van der Waals surface area contributed by atoms with Crippen LogP contribution in [-0.4, -0.2) is 24.7 Å². The number of aromatic nitrogens is 1. The summed E-state index contributed by atoms with van der Waals surface area (Å²) in [6.07, 6.45) is 2.61. The number of nitrogens with zero attached hydrogens (tertiary/aromatic N) is 1. The van der Waals surface area contributed by atoms with E-state index in [1.807, 2.05) is 0 Å². The number of hydrogen-bond acceptors (Lipinski definition) is 5. The maximum absolute atomic E-state index is 5.72. The molecular weight excluding hydrogens is 192 g/mol. The van der Waals surface area contributed by atoms with Crippen molar-refractivity contribution in [1.29, 1.82) is 0 Å². The third kappa shape index (κ3) is 4.03. The molecule has 5 heteroatoms. The van der Waals surface area contributed by atoms with Crippen LogP contribution in [0.2, 0.25) is 0 Å². The molecule has 0 atom stereocenters. The van der Waals surface area contributed by atoms with Gasteiger partial charge >= 0.3 is 0 Å². The Bertz CT molecular complexity index is 303. The van der Waals surface area contributed by atoms with Crippen molar-refractivity contribution in [2.24, 2.45) is 0 Å². The van der Waals surface area contributed by atoms with E-state index in [1.165, 1.54) is 0 Å². The summed E-state index contributed by atoms with van der Waals surface area (Å²) in [6.45, 7) is 4.21. The van der Waals surface area contributed by atoms with Crippen LogP contribution >= 0.6 is 0 Å². The van der Waals surface area contributed by atoms with Crippen LogP contribution in [0.4, 0.5) is 17.2 Å². The monoisotopic (exact) mass is 210 g/mol. The van der Waals surface area contributed by atoms with Crippen LogP contribution in [-0.2, 0) is 4.74 Å². The molecule has 0 aliphatic carbocycles. The average molecular weight is 210 g/mol. The van der Waals surface area contributed by atoms with Crippen molar-refractivity contribution >= 4 is 17.2 Å². The Kier molecular flexibility index (Phi) is 4.70. The summed E-state index contributed by atoms with van der Waals surface area (Å²) in [5, 5.41) is 3.08. The van der Waals surface area contributed by atoms with E-state index in [4.69, 9.17) is 16.2 Å². The zero-order valence-electron chi connectivity index (χ0n) is 8.99. The smallest absolute Gasteiger partial charge is 0.149 e. The zero-order chi connectivity index (χ0) is 11.1. The summed E-state index contributed by atoms with van der Waals surface area (Å²) in [6, 6.07) is 1.68. The lowest BCUT2D eigenvalue weighted by molar-refractivity contribution is 0.144. The summed E-state index contributed by atoms with van der Waals surface area (Å²) in [7, 11) is 0. The predicted octanol–water partition coefficient (Wildman–Crippen LogP) is 1.08. The molecule has 1 rings (SSSR count). The Morgan fingerprint density at radius 1 is 1.40 bits per heavy atom. The summed E-state index contributed by atoms with van der Waals surface area (Å²) in [5.41, 5.74) is 12.4.